The van der Waals surface area contributed by atoms with Gasteiger partial charge in [0.05, 0.1) is 10.9 Å². The monoisotopic (exact) mass is 545 g/mol. The number of hydrogen-bond donors (Lipinski definition) is 1. The molecule has 7 heteroatoms. The number of para-hydroxylation sites is 1. The van der Waals surface area contributed by atoms with Crippen LogP contribution in [0.2, 0.25) is 5.02 Å². The van der Waals surface area contributed by atoms with Crippen molar-refractivity contribution in [3.63, 3.8) is 0 Å². The highest BCUT2D eigenvalue weighted by molar-refractivity contribution is 7.98. The van der Waals surface area contributed by atoms with Crippen LogP contribution in [-0.2, 0) is 23.5 Å². The Labute approximate surface area is 232 Å². The second-order valence-corrected chi connectivity index (χ2v) is 11.3. The third kappa shape index (κ3) is 6.48. The average molecular weight is 546 g/mol. The molecule has 1 aliphatic carbocycles. The molecule has 5 rings (SSSR count). The molecule has 38 heavy (non-hydrogen) atoms. The Morgan fingerprint density at radius 1 is 0.947 bits per heavy atom. The van der Waals surface area contributed by atoms with Crippen molar-refractivity contribution < 1.29 is 4.79 Å². The topological polar surface area (TPSA) is 64.0 Å². The Kier molecular flexibility index (Phi) is 8.82. The van der Waals surface area contributed by atoms with Crippen molar-refractivity contribution >= 4 is 40.2 Å². The van der Waals surface area contributed by atoms with Crippen LogP contribution in [0.4, 0.5) is 0 Å². The van der Waals surface area contributed by atoms with E-state index in [4.69, 9.17) is 16.6 Å². The lowest BCUT2D eigenvalue weighted by atomic mass is 9.81. The van der Waals surface area contributed by atoms with Crippen LogP contribution < -0.4 is 10.9 Å². The van der Waals surface area contributed by atoms with Crippen molar-refractivity contribution in [1.29, 1.82) is 0 Å². The number of benzene rings is 3. The maximum Gasteiger partial charge on any atom is 0.262 e. The zero-order chi connectivity index (χ0) is 26.3. The zero-order valence-corrected chi connectivity index (χ0v) is 22.9. The summed E-state index contributed by atoms with van der Waals surface area (Å²) in [6, 6.07) is 25.5. The van der Waals surface area contributed by atoms with Crippen molar-refractivity contribution in [2.75, 3.05) is 6.54 Å². The zero-order valence-electron chi connectivity index (χ0n) is 21.3. The van der Waals surface area contributed by atoms with Crippen molar-refractivity contribution in [2.24, 2.45) is 11.8 Å². The van der Waals surface area contributed by atoms with Crippen LogP contribution in [0.15, 0.2) is 88.8 Å². The molecule has 1 amide bonds. The summed E-state index contributed by atoms with van der Waals surface area (Å²) in [6.45, 7) is 1.27. The Morgan fingerprint density at radius 2 is 1.66 bits per heavy atom. The highest BCUT2D eigenvalue weighted by Crippen LogP contribution is 2.32. The lowest BCUT2D eigenvalue weighted by Crippen LogP contribution is -2.35. The van der Waals surface area contributed by atoms with Gasteiger partial charge in [0, 0.05) is 29.8 Å². The van der Waals surface area contributed by atoms with Gasteiger partial charge in [0.15, 0.2) is 5.16 Å². The van der Waals surface area contributed by atoms with Crippen molar-refractivity contribution in [1.82, 2.24) is 14.9 Å². The van der Waals surface area contributed by atoms with E-state index in [9.17, 15) is 9.59 Å². The number of aromatic nitrogens is 2. The summed E-state index contributed by atoms with van der Waals surface area (Å²) in [5.41, 5.74) is 2.96. The summed E-state index contributed by atoms with van der Waals surface area (Å²) in [7, 11) is 0. The largest absolute Gasteiger partial charge is 0.356 e. The normalized spacial score (nSPS) is 17.4. The molecule has 1 heterocycles. The quantitative estimate of drug-likeness (QED) is 0.192. The summed E-state index contributed by atoms with van der Waals surface area (Å²) in [5.74, 6) is 1.17. The fourth-order valence-electron chi connectivity index (χ4n) is 5.16. The molecule has 5 nitrogen and oxygen atoms in total. The average Bonchev–Trinajstić information content (AvgIpc) is 2.95. The van der Waals surface area contributed by atoms with Gasteiger partial charge < -0.3 is 5.32 Å². The fourth-order valence-corrected chi connectivity index (χ4v) is 6.46. The third-order valence-corrected chi connectivity index (χ3v) is 8.75. The molecule has 196 valence electrons. The number of carbonyl (C=O) groups excluding carboxylic acids is 1. The van der Waals surface area contributed by atoms with Crippen LogP contribution in [0, 0.1) is 11.8 Å². The molecule has 0 unspecified atom stereocenters. The van der Waals surface area contributed by atoms with E-state index in [-0.39, 0.29) is 17.4 Å². The van der Waals surface area contributed by atoms with E-state index >= 15 is 0 Å². The predicted molar refractivity (Wildman–Crippen MR) is 156 cm³/mol. The SMILES string of the molecule is O=C(NCCc1ccccc1)C1CCC(Cn2c(SCc3ccccc3Cl)nc3ccccc3c2=O)CC1. The van der Waals surface area contributed by atoms with E-state index in [0.29, 0.717) is 35.7 Å². The summed E-state index contributed by atoms with van der Waals surface area (Å²) >= 11 is 7.93. The summed E-state index contributed by atoms with van der Waals surface area (Å²) in [6.07, 6.45) is 4.38. The number of carbonyl (C=O) groups is 1. The van der Waals surface area contributed by atoms with Crippen LogP contribution in [0.5, 0.6) is 0 Å². The van der Waals surface area contributed by atoms with Gasteiger partial charge in [-0.15, -0.1) is 0 Å². The van der Waals surface area contributed by atoms with Gasteiger partial charge in [0.25, 0.3) is 5.56 Å². The number of thioether (sulfide) groups is 1. The molecule has 3 aromatic carbocycles. The van der Waals surface area contributed by atoms with E-state index in [1.165, 1.54) is 5.56 Å². The number of amides is 1. The van der Waals surface area contributed by atoms with Crippen molar-refractivity contribution in [3.05, 3.63) is 105 Å². The number of halogens is 1. The lowest BCUT2D eigenvalue weighted by molar-refractivity contribution is -0.126. The van der Waals surface area contributed by atoms with Gasteiger partial charge in [0.2, 0.25) is 5.91 Å². The van der Waals surface area contributed by atoms with Crippen LogP contribution in [0.1, 0.15) is 36.8 Å². The van der Waals surface area contributed by atoms with Gasteiger partial charge in [-0.1, -0.05) is 84.0 Å². The van der Waals surface area contributed by atoms with Gasteiger partial charge in [-0.25, -0.2) is 4.98 Å². The smallest absolute Gasteiger partial charge is 0.262 e. The number of fused-ring (bicyclic) bond motifs is 1. The van der Waals surface area contributed by atoms with Gasteiger partial charge in [-0.2, -0.15) is 0 Å². The molecule has 0 bridgehead atoms. The summed E-state index contributed by atoms with van der Waals surface area (Å²) < 4.78 is 1.84. The Hall–Kier alpha value is -3.09. The first-order valence-corrected chi connectivity index (χ1v) is 14.6. The predicted octanol–water partition coefficient (Wildman–Crippen LogP) is 6.51. The number of nitrogens with one attached hydrogen (secondary N) is 1. The molecule has 1 fully saturated rings. The molecule has 0 atom stereocenters. The van der Waals surface area contributed by atoms with Crippen LogP contribution in [-0.4, -0.2) is 22.0 Å². The van der Waals surface area contributed by atoms with E-state index in [2.05, 4.69) is 17.4 Å². The first kappa shape index (κ1) is 26.5. The van der Waals surface area contributed by atoms with Gasteiger partial charge in [0.1, 0.15) is 0 Å². The van der Waals surface area contributed by atoms with E-state index in [1.54, 1.807) is 11.8 Å². The number of hydrogen-bond acceptors (Lipinski definition) is 4. The van der Waals surface area contributed by atoms with Crippen molar-refractivity contribution in [3.8, 4) is 0 Å². The Bertz CT molecular complexity index is 1450. The minimum atomic E-state index is -0.00182. The van der Waals surface area contributed by atoms with Crippen LogP contribution in [0.25, 0.3) is 10.9 Å². The molecule has 0 radical (unpaired) electrons. The Balaban J connectivity index is 1.23. The molecular formula is C31H32ClN3O2S. The first-order chi connectivity index (χ1) is 18.6. The molecule has 0 saturated heterocycles. The molecule has 0 spiro atoms. The number of nitrogens with zero attached hydrogens (tertiary/aromatic N) is 2. The van der Waals surface area contributed by atoms with Gasteiger partial charge >= 0.3 is 0 Å². The second kappa shape index (κ2) is 12.6. The molecule has 1 aliphatic rings. The van der Waals surface area contributed by atoms with Crippen LogP contribution in [0.3, 0.4) is 0 Å². The number of rotatable bonds is 9. The molecule has 4 aromatic rings. The van der Waals surface area contributed by atoms with Crippen molar-refractivity contribution in [2.45, 2.75) is 49.6 Å². The van der Waals surface area contributed by atoms with Crippen LogP contribution >= 0.6 is 23.4 Å². The molecule has 1 aromatic heterocycles. The van der Waals surface area contributed by atoms with E-state index < -0.39 is 0 Å². The van der Waals surface area contributed by atoms with E-state index in [1.807, 2.05) is 71.3 Å². The fraction of sp³-hybridized carbons (Fsp3) is 0.323. The molecule has 0 aliphatic heterocycles. The first-order valence-electron chi connectivity index (χ1n) is 13.3. The third-order valence-electron chi connectivity index (χ3n) is 7.36. The summed E-state index contributed by atoms with van der Waals surface area (Å²) in [5, 5.41) is 5.20. The highest BCUT2D eigenvalue weighted by Gasteiger charge is 2.27. The molecule has 1 N–H and O–H groups in total. The maximum absolute atomic E-state index is 13.5. The lowest BCUT2D eigenvalue weighted by Gasteiger charge is -2.28. The minimum Gasteiger partial charge on any atom is -0.356 e. The summed E-state index contributed by atoms with van der Waals surface area (Å²) in [4.78, 5) is 31.2. The minimum absolute atomic E-state index is 0.00182. The molecular weight excluding hydrogens is 514 g/mol. The highest BCUT2D eigenvalue weighted by atomic mass is 35.5. The molecule has 1 saturated carbocycles. The van der Waals surface area contributed by atoms with Gasteiger partial charge in [-0.3, -0.25) is 14.2 Å². The van der Waals surface area contributed by atoms with E-state index in [0.717, 1.165) is 47.8 Å². The maximum atomic E-state index is 13.5. The Morgan fingerprint density at radius 3 is 2.45 bits per heavy atom. The van der Waals surface area contributed by atoms with Gasteiger partial charge in [-0.05, 0) is 67.3 Å². The standard InChI is InChI=1S/C31H32ClN3O2S/c32-27-12-6-4-10-25(27)21-38-31-34-28-13-7-5-11-26(28)30(37)35(31)20-23-14-16-24(17-15-23)29(36)33-19-18-22-8-2-1-3-9-22/h1-13,23-24H,14-21H2,(H,33,36). The second-order valence-electron chi connectivity index (χ2n) is 9.95.